The standard InChI is InChI=1S/C5H15B3O2/c1-10-3(2-6)4(7)5(8)9/h3-5,9H,2,6-8H2,1H3/t3?,4-,5-/m1/s1. The Kier molecular flexibility index (Phi) is 4.91. The zero-order valence-electron chi connectivity index (χ0n) is 7.29. The Morgan fingerprint density at radius 2 is 2.00 bits per heavy atom. The Balaban J connectivity index is 3.76. The van der Waals surface area contributed by atoms with Crippen LogP contribution in [0.25, 0.3) is 0 Å². The maximum absolute atomic E-state index is 9.17. The molecule has 0 saturated heterocycles. The molecule has 0 fully saturated rings. The molecule has 0 spiro atoms. The lowest BCUT2D eigenvalue weighted by molar-refractivity contribution is 0.0830. The Labute approximate surface area is 65.6 Å². The number of methoxy groups -OCH3 is 1. The fraction of sp³-hybridized carbons (Fsp3) is 1.00. The molecule has 0 heterocycles. The third-order valence-corrected chi connectivity index (χ3v) is 2.05. The van der Waals surface area contributed by atoms with Crippen LogP contribution in [-0.2, 0) is 4.74 Å². The van der Waals surface area contributed by atoms with Crippen LogP contribution in [0.4, 0.5) is 0 Å². The monoisotopic (exact) mass is 140 g/mol. The quantitative estimate of drug-likeness (QED) is 0.434. The average molecular weight is 140 g/mol. The van der Waals surface area contributed by atoms with Gasteiger partial charge in [-0.25, -0.2) is 0 Å². The number of hydrogen-bond acceptors (Lipinski definition) is 2. The summed E-state index contributed by atoms with van der Waals surface area (Å²) in [5, 5.41) is 9.17. The van der Waals surface area contributed by atoms with Crippen LogP contribution in [0.3, 0.4) is 0 Å². The summed E-state index contributed by atoms with van der Waals surface area (Å²) in [6.45, 7) is 0. The van der Waals surface area contributed by atoms with E-state index in [1.807, 2.05) is 7.85 Å². The van der Waals surface area contributed by atoms with Crippen molar-refractivity contribution in [2.45, 2.75) is 24.2 Å². The predicted octanol–water partition coefficient (Wildman–Crippen LogP) is -2.57. The third kappa shape index (κ3) is 2.80. The number of hydrogen-bond donors (Lipinski definition) is 1. The molecular weight excluding hydrogens is 124 g/mol. The fourth-order valence-corrected chi connectivity index (χ4v) is 1.06. The van der Waals surface area contributed by atoms with Crippen molar-refractivity contribution in [2.24, 2.45) is 0 Å². The summed E-state index contributed by atoms with van der Waals surface area (Å²) in [5.74, 6) is 0.231. The van der Waals surface area contributed by atoms with Crippen LogP contribution in [-0.4, -0.2) is 47.9 Å². The Bertz CT molecular complexity index is 85.0. The lowest BCUT2D eigenvalue weighted by Crippen LogP contribution is -2.28. The molecule has 0 aromatic carbocycles. The van der Waals surface area contributed by atoms with Crippen LogP contribution < -0.4 is 0 Å². The van der Waals surface area contributed by atoms with Gasteiger partial charge in [-0.15, -0.1) is 0 Å². The SMILES string of the molecule is BCC(OC)[C@@H](B)[C@H](B)O. The summed E-state index contributed by atoms with van der Waals surface area (Å²) < 4.78 is 5.16. The van der Waals surface area contributed by atoms with Gasteiger partial charge in [0.15, 0.2) is 0 Å². The van der Waals surface area contributed by atoms with Crippen molar-refractivity contribution in [3.8, 4) is 0 Å². The number of ether oxygens (including phenoxy) is 1. The molecule has 0 aliphatic heterocycles. The van der Waals surface area contributed by atoms with Crippen LogP contribution in [0.1, 0.15) is 0 Å². The molecule has 0 amide bonds. The second kappa shape index (κ2) is 4.86. The van der Waals surface area contributed by atoms with Crippen LogP contribution >= 0.6 is 0 Å². The second-order valence-electron chi connectivity index (χ2n) is 2.78. The highest BCUT2D eigenvalue weighted by atomic mass is 16.5. The average Bonchev–Trinajstić information content (AvgIpc) is 1.90. The summed E-state index contributed by atoms with van der Waals surface area (Å²) in [5.41, 5.74) is 0. The first-order chi connectivity index (χ1) is 4.63. The molecular formula is C5H15B3O2. The largest absolute Gasteiger partial charge is 0.403 e. The van der Waals surface area contributed by atoms with E-state index in [1.165, 1.54) is 0 Å². The summed E-state index contributed by atoms with van der Waals surface area (Å²) in [6, 6.07) is -0.273. The summed E-state index contributed by atoms with van der Waals surface area (Å²) in [4.78, 5) is 0. The van der Waals surface area contributed by atoms with Gasteiger partial charge in [-0.3, -0.25) is 0 Å². The van der Waals surface area contributed by atoms with E-state index in [1.54, 1.807) is 15.0 Å². The van der Waals surface area contributed by atoms with Crippen molar-refractivity contribution in [3.05, 3.63) is 0 Å². The maximum Gasteiger partial charge on any atom is 0.138 e. The lowest BCUT2D eigenvalue weighted by Gasteiger charge is -2.23. The van der Waals surface area contributed by atoms with Crippen molar-refractivity contribution in [2.75, 3.05) is 7.11 Å². The van der Waals surface area contributed by atoms with Crippen molar-refractivity contribution in [1.29, 1.82) is 0 Å². The molecule has 5 heteroatoms. The van der Waals surface area contributed by atoms with E-state index >= 15 is 0 Å². The Morgan fingerprint density at radius 3 is 2.10 bits per heavy atom. The number of rotatable bonds is 4. The molecule has 0 aliphatic rings. The molecule has 56 valence electrons. The van der Waals surface area contributed by atoms with Crippen molar-refractivity contribution >= 4 is 23.5 Å². The van der Waals surface area contributed by atoms with Gasteiger partial charge in [0.2, 0.25) is 0 Å². The first-order valence-corrected chi connectivity index (χ1v) is 3.84. The Hall–Kier alpha value is 0.115. The van der Waals surface area contributed by atoms with Crippen LogP contribution in [0.15, 0.2) is 0 Å². The molecule has 0 radical (unpaired) electrons. The first-order valence-electron chi connectivity index (χ1n) is 3.84. The molecule has 0 bridgehead atoms. The molecule has 3 atom stereocenters. The van der Waals surface area contributed by atoms with Crippen molar-refractivity contribution in [1.82, 2.24) is 0 Å². The van der Waals surface area contributed by atoms with Crippen molar-refractivity contribution in [3.63, 3.8) is 0 Å². The van der Waals surface area contributed by atoms with E-state index < -0.39 is 0 Å². The van der Waals surface area contributed by atoms with E-state index in [2.05, 4.69) is 7.85 Å². The van der Waals surface area contributed by atoms with Crippen LogP contribution in [0.5, 0.6) is 0 Å². The summed E-state index contributed by atoms with van der Waals surface area (Å²) >= 11 is 0. The van der Waals surface area contributed by atoms with Gasteiger partial charge < -0.3 is 9.84 Å². The molecule has 2 nitrogen and oxygen atoms in total. The van der Waals surface area contributed by atoms with E-state index in [0.717, 1.165) is 6.32 Å². The molecule has 0 saturated carbocycles. The minimum atomic E-state index is -0.273. The first kappa shape index (κ1) is 10.1. The van der Waals surface area contributed by atoms with Gasteiger partial charge in [-0.05, 0) is 5.82 Å². The highest BCUT2D eigenvalue weighted by Gasteiger charge is 2.18. The highest BCUT2D eigenvalue weighted by Crippen LogP contribution is 2.15. The van der Waals surface area contributed by atoms with Gasteiger partial charge >= 0.3 is 0 Å². The van der Waals surface area contributed by atoms with E-state index in [0.29, 0.717) is 0 Å². The van der Waals surface area contributed by atoms with Crippen LogP contribution in [0.2, 0.25) is 12.1 Å². The van der Waals surface area contributed by atoms with Gasteiger partial charge in [-0.1, -0.05) is 6.32 Å². The number of aliphatic hydroxyl groups is 1. The van der Waals surface area contributed by atoms with E-state index in [-0.39, 0.29) is 17.9 Å². The summed E-state index contributed by atoms with van der Waals surface area (Å²) in [7, 11) is 7.55. The predicted molar refractivity (Wildman–Crippen MR) is 51.0 cm³/mol. The van der Waals surface area contributed by atoms with Gasteiger partial charge in [0.05, 0.1) is 0 Å². The smallest absolute Gasteiger partial charge is 0.138 e. The lowest BCUT2D eigenvalue weighted by atomic mass is 9.68. The Morgan fingerprint density at radius 1 is 1.50 bits per heavy atom. The highest BCUT2D eigenvalue weighted by molar-refractivity contribution is 6.21. The van der Waals surface area contributed by atoms with Crippen LogP contribution in [0, 0.1) is 0 Å². The van der Waals surface area contributed by atoms with Crippen molar-refractivity contribution < 1.29 is 9.84 Å². The summed E-state index contributed by atoms with van der Waals surface area (Å²) in [6.07, 6.45) is 1.16. The van der Waals surface area contributed by atoms with Gasteiger partial charge in [0, 0.05) is 19.2 Å². The molecule has 1 N–H and O–H groups in total. The van der Waals surface area contributed by atoms with Gasteiger partial charge in [-0.2, -0.15) is 0 Å². The molecule has 0 aromatic rings. The molecule has 0 aliphatic carbocycles. The topological polar surface area (TPSA) is 29.5 Å². The maximum atomic E-state index is 9.17. The fourth-order valence-electron chi connectivity index (χ4n) is 1.06. The number of aliphatic hydroxyl groups excluding tert-OH is 1. The van der Waals surface area contributed by atoms with Gasteiger partial charge in [0.1, 0.15) is 23.5 Å². The molecule has 1 unspecified atom stereocenters. The zero-order chi connectivity index (χ0) is 8.15. The third-order valence-electron chi connectivity index (χ3n) is 2.05. The molecule has 0 rings (SSSR count). The van der Waals surface area contributed by atoms with Gasteiger partial charge in [0.25, 0.3) is 0 Å². The second-order valence-corrected chi connectivity index (χ2v) is 2.78. The van der Waals surface area contributed by atoms with E-state index in [4.69, 9.17) is 4.74 Å². The minimum absolute atomic E-state index is 0.194. The normalized spacial score (nSPS) is 19.8. The van der Waals surface area contributed by atoms with E-state index in [9.17, 15) is 5.11 Å². The molecule has 0 aromatic heterocycles. The molecule has 10 heavy (non-hydrogen) atoms. The zero-order valence-corrected chi connectivity index (χ0v) is 7.29. The minimum Gasteiger partial charge on any atom is -0.403 e.